The number of hydrogen-bond donors (Lipinski definition) is 3. The van der Waals surface area contributed by atoms with Crippen LogP contribution in [0.3, 0.4) is 0 Å². The summed E-state index contributed by atoms with van der Waals surface area (Å²) in [5, 5.41) is 13.3. The summed E-state index contributed by atoms with van der Waals surface area (Å²) in [7, 11) is 3.93. The molecule has 1 atom stereocenters. The molecule has 0 heterocycles. The standard InChI is InChI=1S/C10H23N3O/c1-10(14,7-13(2)3)6-12-9-4-8(11)5-9/h8-9,12,14H,4-7,11H2,1-3H3. The van der Waals surface area contributed by atoms with Crippen LogP contribution in [0.15, 0.2) is 0 Å². The Hall–Kier alpha value is -0.160. The smallest absolute Gasteiger partial charge is 0.0869 e. The number of hydrogen-bond acceptors (Lipinski definition) is 4. The van der Waals surface area contributed by atoms with Crippen LogP contribution in [0, 0.1) is 0 Å². The maximum Gasteiger partial charge on any atom is 0.0869 e. The van der Waals surface area contributed by atoms with Crippen LogP contribution in [0.25, 0.3) is 0 Å². The molecule has 4 heteroatoms. The maximum absolute atomic E-state index is 9.98. The molecule has 1 unspecified atom stereocenters. The average Bonchev–Trinajstić information content (AvgIpc) is 1.93. The molecule has 0 amide bonds. The monoisotopic (exact) mass is 201 g/mol. The molecule has 0 spiro atoms. The zero-order valence-electron chi connectivity index (χ0n) is 9.45. The van der Waals surface area contributed by atoms with Gasteiger partial charge < -0.3 is 21.1 Å². The summed E-state index contributed by atoms with van der Waals surface area (Å²) in [5.41, 5.74) is 5.03. The molecular formula is C10H23N3O. The molecule has 0 bridgehead atoms. The van der Waals surface area contributed by atoms with E-state index in [1.807, 2.05) is 25.9 Å². The van der Waals surface area contributed by atoms with Gasteiger partial charge in [0.15, 0.2) is 0 Å². The first-order valence-electron chi connectivity index (χ1n) is 5.25. The van der Waals surface area contributed by atoms with Crippen molar-refractivity contribution in [1.29, 1.82) is 0 Å². The van der Waals surface area contributed by atoms with E-state index in [9.17, 15) is 5.11 Å². The third kappa shape index (κ3) is 3.92. The summed E-state index contributed by atoms with van der Waals surface area (Å²) < 4.78 is 0. The summed E-state index contributed by atoms with van der Waals surface area (Å²) in [4.78, 5) is 1.99. The zero-order chi connectivity index (χ0) is 10.8. The highest BCUT2D eigenvalue weighted by atomic mass is 16.3. The van der Waals surface area contributed by atoms with Gasteiger partial charge in [0.25, 0.3) is 0 Å². The van der Waals surface area contributed by atoms with E-state index in [4.69, 9.17) is 5.73 Å². The predicted molar refractivity (Wildman–Crippen MR) is 58.2 cm³/mol. The largest absolute Gasteiger partial charge is 0.388 e. The number of nitrogens with two attached hydrogens (primary N) is 1. The van der Waals surface area contributed by atoms with Crippen LogP contribution in [-0.4, -0.2) is 54.9 Å². The Balaban J connectivity index is 2.16. The van der Waals surface area contributed by atoms with Crippen molar-refractivity contribution in [3.63, 3.8) is 0 Å². The third-order valence-corrected chi connectivity index (χ3v) is 2.60. The minimum atomic E-state index is -0.650. The van der Waals surface area contributed by atoms with Crippen LogP contribution < -0.4 is 11.1 Å². The van der Waals surface area contributed by atoms with E-state index in [-0.39, 0.29) is 0 Å². The first kappa shape index (κ1) is 11.9. The number of aliphatic hydroxyl groups is 1. The second-order valence-corrected chi connectivity index (χ2v) is 5.04. The summed E-state index contributed by atoms with van der Waals surface area (Å²) in [5.74, 6) is 0. The molecule has 0 aromatic carbocycles. The van der Waals surface area contributed by atoms with E-state index in [0.717, 1.165) is 12.8 Å². The van der Waals surface area contributed by atoms with Crippen LogP contribution in [0.4, 0.5) is 0 Å². The molecule has 0 aliphatic heterocycles. The Labute approximate surface area is 86.5 Å². The summed E-state index contributed by atoms with van der Waals surface area (Å²) >= 11 is 0. The maximum atomic E-state index is 9.98. The van der Waals surface area contributed by atoms with E-state index >= 15 is 0 Å². The van der Waals surface area contributed by atoms with Gasteiger partial charge in [-0.05, 0) is 33.9 Å². The van der Waals surface area contributed by atoms with Crippen LogP contribution in [-0.2, 0) is 0 Å². The SMILES string of the molecule is CN(C)CC(C)(O)CNC1CC(N)C1. The normalized spacial score (nSPS) is 31.3. The second-order valence-electron chi connectivity index (χ2n) is 5.04. The number of nitrogens with zero attached hydrogens (tertiary/aromatic N) is 1. The van der Waals surface area contributed by atoms with Gasteiger partial charge in [0.1, 0.15) is 0 Å². The van der Waals surface area contributed by atoms with E-state index in [2.05, 4.69) is 5.32 Å². The topological polar surface area (TPSA) is 61.5 Å². The molecule has 4 N–H and O–H groups in total. The Morgan fingerprint density at radius 2 is 2.07 bits per heavy atom. The molecular weight excluding hydrogens is 178 g/mol. The quantitative estimate of drug-likeness (QED) is 0.555. The summed E-state index contributed by atoms with van der Waals surface area (Å²) in [6.45, 7) is 3.18. The van der Waals surface area contributed by atoms with Gasteiger partial charge in [-0.1, -0.05) is 0 Å². The van der Waals surface area contributed by atoms with Crippen LogP contribution in [0.5, 0.6) is 0 Å². The molecule has 0 radical (unpaired) electrons. The lowest BCUT2D eigenvalue weighted by Crippen LogP contribution is -2.54. The van der Waals surface area contributed by atoms with Crippen molar-refractivity contribution in [1.82, 2.24) is 10.2 Å². The van der Waals surface area contributed by atoms with Crippen molar-refractivity contribution in [2.24, 2.45) is 5.73 Å². The van der Waals surface area contributed by atoms with Gasteiger partial charge in [0.05, 0.1) is 5.60 Å². The third-order valence-electron chi connectivity index (χ3n) is 2.60. The lowest BCUT2D eigenvalue weighted by atomic mass is 9.87. The second kappa shape index (κ2) is 4.57. The number of likely N-dealkylation sites (N-methyl/N-ethyl adjacent to an activating group) is 1. The number of rotatable bonds is 5. The van der Waals surface area contributed by atoms with Gasteiger partial charge in [-0.15, -0.1) is 0 Å². The van der Waals surface area contributed by atoms with Gasteiger partial charge in [-0.25, -0.2) is 0 Å². The highest BCUT2D eigenvalue weighted by molar-refractivity contribution is 4.90. The molecule has 0 aromatic rings. The average molecular weight is 201 g/mol. The van der Waals surface area contributed by atoms with E-state index in [0.29, 0.717) is 25.2 Å². The van der Waals surface area contributed by atoms with Crippen molar-refractivity contribution in [2.45, 2.75) is 37.5 Å². The fourth-order valence-corrected chi connectivity index (χ4v) is 1.93. The van der Waals surface area contributed by atoms with E-state index in [1.54, 1.807) is 0 Å². The molecule has 4 nitrogen and oxygen atoms in total. The van der Waals surface area contributed by atoms with E-state index in [1.165, 1.54) is 0 Å². The van der Waals surface area contributed by atoms with Gasteiger partial charge in [-0.2, -0.15) is 0 Å². The van der Waals surface area contributed by atoms with Crippen molar-refractivity contribution < 1.29 is 5.11 Å². The summed E-state index contributed by atoms with van der Waals surface area (Å²) in [6, 6.07) is 0.880. The van der Waals surface area contributed by atoms with Crippen molar-refractivity contribution >= 4 is 0 Å². The van der Waals surface area contributed by atoms with Crippen LogP contribution >= 0.6 is 0 Å². The zero-order valence-corrected chi connectivity index (χ0v) is 9.45. The molecule has 1 aliphatic rings. The Morgan fingerprint density at radius 3 is 2.50 bits per heavy atom. The molecule has 0 aromatic heterocycles. The molecule has 1 fully saturated rings. The highest BCUT2D eigenvalue weighted by Gasteiger charge is 2.28. The molecule has 1 aliphatic carbocycles. The molecule has 1 saturated carbocycles. The number of nitrogens with one attached hydrogen (secondary N) is 1. The minimum absolute atomic E-state index is 0.367. The highest BCUT2D eigenvalue weighted by Crippen LogP contribution is 2.17. The minimum Gasteiger partial charge on any atom is -0.388 e. The van der Waals surface area contributed by atoms with Gasteiger partial charge in [-0.3, -0.25) is 0 Å². The first-order valence-corrected chi connectivity index (χ1v) is 5.25. The lowest BCUT2D eigenvalue weighted by molar-refractivity contribution is 0.0279. The predicted octanol–water partition coefficient (Wildman–Crippen LogP) is -0.622. The fourth-order valence-electron chi connectivity index (χ4n) is 1.93. The van der Waals surface area contributed by atoms with E-state index < -0.39 is 5.60 Å². The van der Waals surface area contributed by atoms with Gasteiger partial charge in [0, 0.05) is 25.2 Å². The molecule has 84 valence electrons. The Bertz CT molecular complexity index is 176. The molecule has 1 rings (SSSR count). The lowest BCUT2D eigenvalue weighted by Gasteiger charge is -2.36. The summed E-state index contributed by atoms with van der Waals surface area (Å²) in [6.07, 6.45) is 2.08. The Kier molecular flexibility index (Phi) is 3.89. The Morgan fingerprint density at radius 1 is 1.50 bits per heavy atom. The van der Waals surface area contributed by atoms with Gasteiger partial charge in [0.2, 0.25) is 0 Å². The molecule has 14 heavy (non-hydrogen) atoms. The van der Waals surface area contributed by atoms with Crippen LogP contribution in [0.2, 0.25) is 0 Å². The van der Waals surface area contributed by atoms with Crippen molar-refractivity contribution in [3.05, 3.63) is 0 Å². The fraction of sp³-hybridized carbons (Fsp3) is 1.00. The molecule has 0 saturated heterocycles. The van der Waals surface area contributed by atoms with Crippen LogP contribution in [0.1, 0.15) is 19.8 Å². The first-order chi connectivity index (χ1) is 6.39. The van der Waals surface area contributed by atoms with Crippen molar-refractivity contribution in [2.75, 3.05) is 27.2 Å². The van der Waals surface area contributed by atoms with Gasteiger partial charge >= 0.3 is 0 Å². The van der Waals surface area contributed by atoms with Crippen molar-refractivity contribution in [3.8, 4) is 0 Å².